The van der Waals surface area contributed by atoms with E-state index in [1.165, 1.54) is 5.56 Å². The van der Waals surface area contributed by atoms with E-state index in [2.05, 4.69) is 17.4 Å². The number of hydrogen-bond acceptors (Lipinski definition) is 3. The van der Waals surface area contributed by atoms with Crippen LogP contribution in [0.25, 0.3) is 11.1 Å². The molecule has 0 spiro atoms. The third-order valence-electron chi connectivity index (χ3n) is 4.68. The summed E-state index contributed by atoms with van der Waals surface area (Å²) in [6.45, 7) is 1.67. The number of rotatable bonds is 8. The van der Waals surface area contributed by atoms with Gasteiger partial charge in [-0.1, -0.05) is 72.8 Å². The fourth-order valence-corrected chi connectivity index (χ4v) is 3.06. The van der Waals surface area contributed by atoms with Crippen LogP contribution < -0.4 is 5.32 Å². The highest BCUT2D eigenvalue weighted by Gasteiger charge is 2.12. The molecule has 0 aliphatic carbocycles. The Morgan fingerprint density at radius 2 is 1.41 bits per heavy atom. The van der Waals surface area contributed by atoms with Crippen molar-refractivity contribution in [1.29, 1.82) is 0 Å². The van der Waals surface area contributed by atoms with E-state index in [9.17, 15) is 9.59 Å². The number of benzene rings is 3. The standard InChI is InChI=1S/C25H25NO3/c1-19(12-13-20-8-4-2-5-9-20)26-24(27)18-29-25(28)23-16-14-22(15-17-23)21-10-6-3-7-11-21/h2-11,14-17,19H,12-13,18H2,1H3,(H,26,27). The fraction of sp³-hybridized carbons (Fsp3) is 0.200. The molecule has 0 saturated carbocycles. The van der Waals surface area contributed by atoms with Crippen LogP contribution in [0, 0.1) is 0 Å². The number of hydrogen-bond donors (Lipinski definition) is 1. The normalized spacial score (nSPS) is 11.5. The topological polar surface area (TPSA) is 55.4 Å². The molecule has 3 aromatic carbocycles. The molecule has 0 aliphatic rings. The third kappa shape index (κ3) is 6.32. The van der Waals surface area contributed by atoms with Crippen LogP contribution in [0.1, 0.15) is 29.3 Å². The highest BCUT2D eigenvalue weighted by Crippen LogP contribution is 2.19. The lowest BCUT2D eigenvalue weighted by Gasteiger charge is -2.14. The van der Waals surface area contributed by atoms with E-state index in [4.69, 9.17) is 4.74 Å². The Morgan fingerprint density at radius 3 is 2.07 bits per heavy atom. The maximum atomic E-state index is 12.2. The van der Waals surface area contributed by atoms with Crippen molar-refractivity contribution in [3.63, 3.8) is 0 Å². The van der Waals surface area contributed by atoms with Gasteiger partial charge in [0.15, 0.2) is 6.61 Å². The summed E-state index contributed by atoms with van der Waals surface area (Å²) in [6.07, 6.45) is 1.71. The first-order valence-electron chi connectivity index (χ1n) is 9.78. The Bertz CT molecular complexity index is 921. The van der Waals surface area contributed by atoms with Gasteiger partial charge in [-0.2, -0.15) is 0 Å². The molecule has 0 fully saturated rings. The summed E-state index contributed by atoms with van der Waals surface area (Å²) in [5.41, 5.74) is 3.76. The summed E-state index contributed by atoms with van der Waals surface area (Å²) in [5, 5.41) is 2.87. The summed E-state index contributed by atoms with van der Waals surface area (Å²) in [7, 11) is 0. The number of carbonyl (C=O) groups excluding carboxylic acids is 2. The van der Waals surface area contributed by atoms with Gasteiger partial charge in [0.05, 0.1) is 5.56 Å². The Labute approximate surface area is 171 Å². The van der Waals surface area contributed by atoms with Crippen LogP contribution in [-0.4, -0.2) is 24.5 Å². The minimum Gasteiger partial charge on any atom is -0.452 e. The highest BCUT2D eigenvalue weighted by atomic mass is 16.5. The van der Waals surface area contributed by atoms with Gasteiger partial charge in [-0.3, -0.25) is 4.79 Å². The van der Waals surface area contributed by atoms with Gasteiger partial charge in [0, 0.05) is 6.04 Å². The predicted molar refractivity (Wildman–Crippen MR) is 115 cm³/mol. The maximum Gasteiger partial charge on any atom is 0.338 e. The van der Waals surface area contributed by atoms with Crippen molar-refractivity contribution in [3.05, 3.63) is 96.1 Å². The molecule has 1 amide bonds. The van der Waals surface area contributed by atoms with Crippen LogP contribution in [0.2, 0.25) is 0 Å². The lowest BCUT2D eigenvalue weighted by Crippen LogP contribution is -2.36. The molecule has 3 rings (SSSR count). The summed E-state index contributed by atoms with van der Waals surface area (Å²) in [5.74, 6) is -0.795. The Balaban J connectivity index is 1.43. The molecule has 1 atom stereocenters. The van der Waals surface area contributed by atoms with Gasteiger partial charge in [-0.15, -0.1) is 0 Å². The van der Waals surface area contributed by atoms with Crippen molar-refractivity contribution in [2.24, 2.45) is 0 Å². The van der Waals surface area contributed by atoms with Crippen LogP contribution >= 0.6 is 0 Å². The molecule has 4 nitrogen and oxygen atoms in total. The molecule has 0 aromatic heterocycles. The second-order valence-electron chi connectivity index (χ2n) is 7.01. The molecule has 29 heavy (non-hydrogen) atoms. The first kappa shape index (κ1) is 20.3. The molecule has 148 valence electrons. The van der Waals surface area contributed by atoms with Crippen LogP contribution in [0.3, 0.4) is 0 Å². The number of nitrogens with one attached hydrogen (secondary N) is 1. The molecule has 0 radical (unpaired) electrons. The van der Waals surface area contributed by atoms with Gasteiger partial charge in [0.25, 0.3) is 5.91 Å². The monoisotopic (exact) mass is 387 g/mol. The Hall–Kier alpha value is -3.40. The zero-order valence-electron chi connectivity index (χ0n) is 16.5. The van der Waals surface area contributed by atoms with Gasteiger partial charge in [-0.05, 0) is 48.6 Å². The van der Waals surface area contributed by atoms with Crippen molar-refractivity contribution < 1.29 is 14.3 Å². The number of aryl methyl sites for hydroxylation is 1. The number of amides is 1. The smallest absolute Gasteiger partial charge is 0.338 e. The molecular formula is C25H25NO3. The second-order valence-corrected chi connectivity index (χ2v) is 7.01. The lowest BCUT2D eigenvalue weighted by molar-refractivity contribution is -0.124. The SMILES string of the molecule is CC(CCc1ccccc1)NC(=O)COC(=O)c1ccc(-c2ccccc2)cc1. The van der Waals surface area contributed by atoms with E-state index >= 15 is 0 Å². The maximum absolute atomic E-state index is 12.2. The molecule has 3 aromatic rings. The van der Waals surface area contributed by atoms with Crippen LogP contribution in [0.4, 0.5) is 0 Å². The van der Waals surface area contributed by atoms with Gasteiger partial charge in [0.1, 0.15) is 0 Å². The van der Waals surface area contributed by atoms with Gasteiger partial charge >= 0.3 is 5.97 Å². The second kappa shape index (κ2) is 10.2. The Kier molecular flexibility index (Phi) is 7.17. The van der Waals surface area contributed by atoms with E-state index in [0.29, 0.717) is 5.56 Å². The van der Waals surface area contributed by atoms with Crippen molar-refractivity contribution in [1.82, 2.24) is 5.32 Å². The van der Waals surface area contributed by atoms with Gasteiger partial charge < -0.3 is 10.1 Å². The van der Waals surface area contributed by atoms with Crippen molar-refractivity contribution in [3.8, 4) is 11.1 Å². The molecule has 4 heteroatoms. The van der Waals surface area contributed by atoms with Crippen molar-refractivity contribution in [2.75, 3.05) is 6.61 Å². The molecular weight excluding hydrogens is 362 g/mol. The summed E-state index contributed by atoms with van der Waals surface area (Å²) < 4.78 is 5.15. The van der Waals surface area contributed by atoms with Crippen LogP contribution in [-0.2, 0) is 16.0 Å². The summed E-state index contributed by atoms with van der Waals surface area (Å²) in [6, 6.07) is 27.2. The van der Waals surface area contributed by atoms with Crippen LogP contribution in [0.5, 0.6) is 0 Å². The summed E-state index contributed by atoms with van der Waals surface area (Å²) in [4.78, 5) is 24.2. The minimum absolute atomic E-state index is 0.00608. The first-order valence-corrected chi connectivity index (χ1v) is 9.78. The molecule has 0 heterocycles. The van der Waals surface area contributed by atoms with Gasteiger partial charge in [-0.25, -0.2) is 4.79 Å². The average molecular weight is 387 g/mol. The van der Waals surface area contributed by atoms with Gasteiger partial charge in [0.2, 0.25) is 0 Å². The minimum atomic E-state index is -0.503. The van der Waals surface area contributed by atoms with E-state index < -0.39 is 5.97 Å². The lowest BCUT2D eigenvalue weighted by atomic mass is 10.0. The average Bonchev–Trinajstić information content (AvgIpc) is 2.77. The number of carbonyl (C=O) groups is 2. The molecule has 1 N–H and O–H groups in total. The number of esters is 1. The largest absolute Gasteiger partial charge is 0.452 e. The third-order valence-corrected chi connectivity index (χ3v) is 4.68. The fourth-order valence-electron chi connectivity index (χ4n) is 3.06. The molecule has 0 bridgehead atoms. The molecule has 0 aliphatic heterocycles. The van der Waals surface area contributed by atoms with Crippen LogP contribution in [0.15, 0.2) is 84.9 Å². The number of ether oxygens (including phenoxy) is 1. The summed E-state index contributed by atoms with van der Waals surface area (Å²) >= 11 is 0. The zero-order valence-corrected chi connectivity index (χ0v) is 16.5. The quantitative estimate of drug-likeness (QED) is 0.573. The van der Waals surface area contributed by atoms with E-state index in [-0.39, 0.29) is 18.6 Å². The molecule has 0 saturated heterocycles. The first-order chi connectivity index (χ1) is 14.1. The predicted octanol–water partition coefficient (Wildman–Crippen LogP) is 4.65. The van der Waals surface area contributed by atoms with Crippen molar-refractivity contribution >= 4 is 11.9 Å². The highest BCUT2D eigenvalue weighted by molar-refractivity contribution is 5.91. The van der Waals surface area contributed by atoms with E-state index in [1.807, 2.05) is 67.6 Å². The van der Waals surface area contributed by atoms with E-state index in [0.717, 1.165) is 24.0 Å². The zero-order chi connectivity index (χ0) is 20.5. The van der Waals surface area contributed by atoms with E-state index in [1.54, 1.807) is 12.1 Å². The van der Waals surface area contributed by atoms with Crippen molar-refractivity contribution in [2.45, 2.75) is 25.8 Å². The Morgan fingerprint density at radius 1 is 0.828 bits per heavy atom. The molecule has 1 unspecified atom stereocenters.